The number of halogens is 1. The van der Waals surface area contributed by atoms with Gasteiger partial charge in [-0.3, -0.25) is 9.19 Å². The highest BCUT2D eigenvalue weighted by Gasteiger charge is 2.23. The summed E-state index contributed by atoms with van der Waals surface area (Å²) >= 11 is 0. The summed E-state index contributed by atoms with van der Waals surface area (Å²) in [4.78, 5) is 9.77. The highest BCUT2D eigenvalue weighted by atomic mass is 32.2. The molecule has 0 aliphatic rings. The van der Waals surface area contributed by atoms with Crippen LogP contribution in [0.1, 0.15) is 38.4 Å². The number of hydrogen-bond acceptors (Lipinski definition) is 8. The molecule has 0 aliphatic carbocycles. The first-order valence-corrected chi connectivity index (χ1v) is 13.1. The summed E-state index contributed by atoms with van der Waals surface area (Å²) in [5.74, 6) is -0.255. The first-order chi connectivity index (χ1) is 17.6. The summed E-state index contributed by atoms with van der Waals surface area (Å²) in [5.41, 5.74) is 2.46. The van der Waals surface area contributed by atoms with Crippen molar-refractivity contribution in [3.8, 4) is 34.3 Å². The molecule has 4 aromatic rings. The molecule has 0 fully saturated rings. The molecule has 0 radical (unpaired) electrons. The Morgan fingerprint density at radius 3 is 2.49 bits per heavy atom. The number of nitrogens with zero attached hydrogens (tertiary/aromatic N) is 4. The summed E-state index contributed by atoms with van der Waals surface area (Å²) < 4.78 is 33.3. The van der Waals surface area contributed by atoms with Gasteiger partial charge in [0.2, 0.25) is 0 Å². The predicted molar refractivity (Wildman–Crippen MR) is 140 cm³/mol. The van der Waals surface area contributed by atoms with E-state index in [1.807, 2.05) is 19.1 Å². The predicted octanol–water partition coefficient (Wildman–Crippen LogP) is 4.68. The molecule has 2 aromatic heterocycles. The number of hydrogen-bond donors (Lipinski definition) is 2. The van der Waals surface area contributed by atoms with E-state index < -0.39 is 22.2 Å². The maximum absolute atomic E-state index is 14.6. The fourth-order valence-electron chi connectivity index (χ4n) is 4.04. The quantitative estimate of drug-likeness (QED) is 0.325. The fourth-order valence-corrected chi connectivity index (χ4v) is 5.46. The van der Waals surface area contributed by atoms with Crippen LogP contribution < -0.4 is 5.32 Å². The molecular formula is C27H30FN5O3S. The van der Waals surface area contributed by atoms with Gasteiger partial charge in [-0.1, -0.05) is 25.1 Å². The van der Waals surface area contributed by atoms with E-state index >= 15 is 0 Å². The Bertz CT molecular complexity index is 1420. The third kappa shape index (κ3) is 6.33. The minimum Gasteiger partial charge on any atom is -0.414 e. The van der Waals surface area contributed by atoms with Crippen LogP contribution >= 0.6 is 0 Å². The minimum atomic E-state index is -1.26. The van der Waals surface area contributed by atoms with Gasteiger partial charge in [-0.15, -0.1) is 10.2 Å². The van der Waals surface area contributed by atoms with Crippen molar-refractivity contribution in [2.45, 2.75) is 56.4 Å². The van der Waals surface area contributed by atoms with E-state index in [4.69, 9.17) is 4.42 Å². The summed E-state index contributed by atoms with van der Waals surface area (Å²) in [5, 5.41) is 20.9. The van der Waals surface area contributed by atoms with Gasteiger partial charge in [-0.05, 0) is 64.1 Å². The summed E-state index contributed by atoms with van der Waals surface area (Å²) in [6.45, 7) is 7.60. The molecule has 2 unspecified atom stereocenters. The first kappa shape index (κ1) is 26.7. The van der Waals surface area contributed by atoms with E-state index in [-0.39, 0.29) is 22.6 Å². The lowest BCUT2D eigenvalue weighted by Crippen LogP contribution is -2.27. The van der Waals surface area contributed by atoms with Crippen molar-refractivity contribution >= 4 is 10.8 Å². The van der Waals surface area contributed by atoms with E-state index in [1.165, 1.54) is 6.07 Å². The molecule has 4 rings (SSSR count). The maximum atomic E-state index is 14.6. The van der Waals surface area contributed by atoms with Crippen LogP contribution in [0.2, 0.25) is 0 Å². The zero-order chi connectivity index (χ0) is 26.7. The topological polar surface area (TPSA) is 114 Å². The molecule has 194 valence electrons. The molecule has 37 heavy (non-hydrogen) atoms. The lowest BCUT2D eigenvalue weighted by molar-refractivity contribution is 0.0715. The van der Waals surface area contributed by atoms with E-state index in [0.717, 1.165) is 11.1 Å². The lowest BCUT2D eigenvalue weighted by atomic mass is 10.0. The highest BCUT2D eigenvalue weighted by Crippen LogP contribution is 2.29. The van der Waals surface area contributed by atoms with Crippen molar-refractivity contribution < 1.29 is 18.1 Å². The number of aliphatic hydroxyl groups is 1. The molecule has 10 heteroatoms. The van der Waals surface area contributed by atoms with Gasteiger partial charge in [-0.25, -0.2) is 9.37 Å². The third-order valence-corrected chi connectivity index (χ3v) is 7.40. The zero-order valence-electron chi connectivity index (χ0n) is 21.4. The van der Waals surface area contributed by atoms with Gasteiger partial charge in [0.25, 0.3) is 11.8 Å². The van der Waals surface area contributed by atoms with Crippen LogP contribution in [-0.4, -0.2) is 47.4 Å². The van der Waals surface area contributed by atoms with E-state index in [0.29, 0.717) is 34.9 Å². The standard InChI is InChI=1S/C27H30FN5O3S/c1-16(13-27(3,4)34)37(35)20-9-7-19(8-10-20)23-15-30-17(2)24(31-23)26-33-32-25(36-26)21-11-6-18(14-29-5)12-22(21)28/h6-12,15-16,29,34H,13-14H2,1-5H3. The summed E-state index contributed by atoms with van der Waals surface area (Å²) in [6.07, 6.45) is 2.06. The van der Waals surface area contributed by atoms with Crippen LogP contribution in [0.4, 0.5) is 4.39 Å². The van der Waals surface area contributed by atoms with Gasteiger partial charge < -0.3 is 14.8 Å². The fraction of sp³-hybridized carbons (Fsp3) is 0.333. The Labute approximate surface area is 217 Å². The van der Waals surface area contributed by atoms with Crippen molar-refractivity contribution in [1.82, 2.24) is 25.5 Å². The van der Waals surface area contributed by atoms with E-state index in [1.54, 1.807) is 58.3 Å². The third-order valence-electron chi connectivity index (χ3n) is 5.76. The van der Waals surface area contributed by atoms with Crippen molar-refractivity contribution in [1.29, 1.82) is 0 Å². The van der Waals surface area contributed by atoms with Gasteiger partial charge in [0, 0.05) is 22.3 Å². The smallest absolute Gasteiger partial charge is 0.268 e. The largest absolute Gasteiger partial charge is 0.414 e. The second kappa shape index (κ2) is 11.0. The van der Waals surface area contributed by atoms with Gasteiger partial charge >= 0.3 is 0 Å². The highest BCUT2D eigenvalue weighted by molar-refractivity contribution is 7.85. The average molecular weight is 524 g/mol. The first-order valence-electron chi connectivity index (χ1n) is 11.9. The summed E-state index contributed by atoms with van der Waals surface area (Å²) in [7, 11) is 0.534. The molecule has 2 N–H and O–H groups in total. The number of benzene rings is 2. The number of aromatic nitrogens is 4. The van der Waals surface area contributed by atoms with Crippen molar-refractivity contribution in [2.24, 2.45) is 0 Å². The molecule has 0 bridgehead atoms. The van der Waals surface area contributed by atoms with Crippen LogP contribution in [0, 0.1) is 12.7 Å². The van der Waals surface area contributed by atoms with Crippen LogP contribution in [0.5, 0.6) is 0 Å². The Hall–Kier alpha value is -3.34. The second-order valence-corrected chi connectivity index (χ2v) is 11.5. The lowest BCUT2D eigenvalue weighted by Gasteiger charge is -2.21. The molecule has 0 aliphatic heterocycles. The Balaban J connectivity index is 1.58. The van der Waals surface area contributed by atoms with E-state index in [9.17, 15) is 13.7 Å². The molecule has 2 heterocycles. The van der Waals surface area contributed by atoms with Crippen molar-refractivity contribution in [3.63, 3.8) is 0 Å². The molecular weight excluding hydrogens is 493 g/mol. The second-order valence-electron chi connectivity index (χ2n) is 9.60. The van der Waals surface area contributed by atoms with Gasteiger partial charge in [0.1, 0.15) is 11.5 Å². The van der Waals surface area contributed by atoms with Gasteiger partial charge in [0.05, 0.1) is 39.5 Å². The minimum absolute atomic E-state index is 0.0575. The van der Waals surface area contributed by atoms with Gasteiger partial charge in [-0.2, -0.15) is 0 Å². The zero-order valence-corrected chi connectivity index (χ0v) is 22.3. The van der Waals surface area contributed by atoms with Crippen molar-refractivity contribution in [2.75, 3.05) is 7.05 Å². The van der Waals surface area contributed by atoms with Gasteiger partial charge in [0.15, 0.2) is 0 Å². The number of nitrogens with one attached hydrogen (secondary N) is 1. The van der Waals surface area contributed by atoms with Crippen molar-refractivity contribution in [3.05, 3.63) is 65.7 Å². The molecule has 0 spiro atoms. The molecule has 0 amide bonds. The molecule has 0 saturated carbocycles. The normalized spacial score (nSPS) is 13.5. The molecule has 2 aromatic carbocycles. The molecule has 0 saturated heterocycles. The Morgan fingerprint density at radius 2 is 1.84 bits per heavy atom. The Morgan fingerprint density at radius 1 is 1.14 bits per heavy atom. The number of aryl methyl sites for hydroxylation is 1. The van der Waals surface area contributed by atoms with Crippen LogP contribution in [-0.2, 0) is 17.3 Å². The van der Waals surface area contributed by atoms with Crippen LogP contribution in [0.3, 0.4) is 0 Å². The monoisotopic (exact) mass is 523 g/mol. The SMILES string of the molecule is CNCc1ccc(-c2nnc(-c3nc(-c4ccc(S(=O)C(C)CC(C)(C)O)cc4)cnc3C)o2)c(F)c1. The molecule has 2 atom stereocenters. The maximum Gasteiger partial charge on any atom is 0.268 e. The number of rotatable bonds is 9. The van der Waals surface area contributed by atoms with Crippen LogP contribution in [0.15, 0.2) is 58.0 Å². The Kier molecular flexibility index (Phi) is 7.91. The van der Waals surface area contributed by atoms with Crippen LogP contribution in [0.25, 0.3) is 34.3 Å². The molecule has 8 nitrogen and oxygen atoms in total. The summed E-state index contributed by atoms with van der Waals surface area (Å²) in [6, 6.07) is 12.1. The average Bonchev–Trinajstić information content (AvgIpc) is 3.33. The van der Waals surface area contributed by atoms with E-state index in [2.05, 4.69) is 25.5 Å².